The predicted molar refractivity (Wildman–Crippen MR) is 118 cm³/mol. The lowest BCUT2D eigenvalue weighted by molar-refractivity contribution is 0.0471. The van der Waals surface area contributed by atoms with E-state index in [0.717, 1.165) is 29.5 Å². The van der Waals surface area contributed by atoms with Crippen LogP contribution in [0.3, 0.4) is 0 Å². The maximum atomic E-state index is 12.8. The Bertz CT molecular complexity index is 1020. The van der Waals surface area contributed by atoms with Crippen molar-refractivity contribution in [2.24, 2.45) is 0 Å². The monoisotopic (exact) mass is 429 g/mol. The first kappa shape index (κ1) is 22.5. The zero-order chi connectivity index (χ0) is 22.1. The van der Waals surface area contributed by atoms with Crippen molar-refractivity contribution in [2.45, 2.75) is 64.4 Å². The number of ether oxygens (including phenoxy) is 1. The molecule has 0 aliphatic carbocycles. The third kappa shape index (κ3) is 4.76. The molecule has 1 heterocycles. The van der Waals surface area contributed by atoms with Gasteiger partial charge in [-0.15, -0.1) is 0 Å². The lowest BCUT2D eigenvalue weighted by Crippen LogP contribution is -2.28. The van der Waals surface area contributed by atoms with Gasteiger partial charge in [0.05, 0.1) is 10.5 Å². The summed E-state index contributed by atoms with van der Waals surface area (Å²) in [5, 5.41) is 0. The molecule has 0 unspecified atom stereocenters. The molecule has 3 rings (SSSR count). The summed E-state index contributed by atoms with van der Waals surface area (Å²) in [5.41, 5.74) is 4.68. The third-order valence-electron chi connectivity index (χ3n) is 5.68. The predicted octanol–water partition coefficient (Wildman–Crippen LogP) is 4.74. The third-order valence-corrected chi connectivity index (χ3v) is 7.58. The van der Waals surface area contributed by atoms with Crippen LogP contribution in [0.1, 0.15) is 66.2 Å². The molecular weight excluding hydrogens is 398 g/mol. The van der Waals surface area contributed by atoms with Gasteiger partial charge in [-0.2, -0.15) is 4.31 Å². The van der Waals surface area contributed by atoms with Gasteiger partial charge in [-0.25, -0.2) is 13.2 Å². The Morgan fingerprint density at radius 3 is 2.20 bits per heavy atom. The van der Waals surface area contributed by atoms with Crippen LogP contribution in [0.15, 0.2) is 41.3 Å². The molecule has 1 aliphatic heterocycles. The number of rotatable bonds is 5. The maximum Gasteiger partial charge on any atom is 0.338 e. The minimum Gasteiger partial charge on any atom is -0.457 e. The van der Waals surface area contributed by atoms with Crippen LogP contribution in [0.5, 0.6) is 0 Å². The molecule has 6 heteroatoms. The standard InChI is InChI=1S/C24H31NO4S/c1-17-13-20(24(3,4)5)14-18(2)22(17)16-29-23(26)19-9-8-10-21(15-19)30(27,28)25-11-6-7-12-25/h8-10,13-15H,6-7,11-12,16H2,1-5H3. The van der Waals surface area contributed by atoms with Crippen molar-refractivity contribution in [1.29, 1.82) is 0 Å². The van der Waals surface area contributed by atoms with Gasteiger partial charge in [0.2, 0.25) is 10.0 Å². The molecular formula is C24H31NO4S. The number of benzene rings is 2. The van der Waals surface area contributed by atoms with Gasteiger partial charge >= 0.3 is 5.97 Å². The SMILES string of the molecule is Cc1cc(C(C)(C)C)cc(C)c1COC(=O)c1cccc(S(=O)(=O)N2CCCC2)c1. The summed E-state index contributed by atoms with van der Waals surface area (Å²) in [5.74, 6) is -0.521. The smallest absolute Gasteiger partial charge is 0.338 e. The van der Waals surface area contributed by atoms with Gasteiger partial charge < -0.3 is 4.74 Å². The van der Waals surface area contributed by atoms with E-state index in [2.05, 4.69) is 32.9 Å². The van der Waals surface area contributed by atoms with Crippen LogP contribution in [0.4, 0.5) is 0 Å². The van der Waals surface area contributed by atoms with E-state index in [4.69, 9.17) is 4.74 Å². The number of hydrogen-bond donors (Lipinski definition) is 0. The molecule has 30 heavy (non-hydrogen) atoms. The highest BCUT2D eigenvalue weighted by Gasteiger charge is 2.27. The average Bonchev–Trinajstić information content (AvgIpc) is 3.22. The van der Waals surface area contributed by atoms with E-state index in [0.29, 0.717) is 13.1 Å². The molecule has 1 saturated heterocycles. The molecule has 0 N–H and O–H groups in total. The Morgan fingerprint density at radius 1 is 1.03 bits per heavy atom. The van der Waals surface area contributed by atoms with Gasteiger partial charge in [-0.3, -0.25) is 0 Å². The van der Waals surface area contributed by atoms with Crippen LogP contribution in [-0.2, 0) is 26.8 Å². The topological polar surface area (TPSA) is 63.7 Å². The molecule has 0 bridgehead atoms. The highest BCUT2D eigenvalue weighted by molar-refractivity contribution is 7.89. The number of aryl methyl sites for hydroxylation is 2. The van der Waals surface area contributed by atoms with Gasteiger partial charge in [-0.1, -0.05) is 39.0 Å². The summed E-state index contributed by atoms with van der Waals surface area (Å²) in [6.45, 7) is 11.8. The van der Waals surface area contributed by atoms with Gasteiger partial charge in [-0.05, 0) is 72.6 Å². The van der Waals surface area contributed by atoms with Crippen molar-refractivity contribution >= 4 is 16.0 Å². The molecule has 1 aliphatic rings. The van der Waals surface area contributed by atoms with Crippen LogP contribution in [0.25, 0.3) is 0 Å². The van der Waals surface area contributed by atoms with E-state index in [1.54, 1.807) is 12.1 Å². The van der Waals surface area contributed by atoms with Crippen LogP contribution < -0.4 is 0 Å². The van der Waals surface area contributed by atoms with E-state index in [-0.39, 0.29) is 22.5 Å². The molecule has 0 aromatic heterocycles. The van der Waals surface area contributed by atoms with Crippen molar-refractivity contribution in [1.82, 2.24) is 4.31 Å². The molecule has 0 spiro atoms. The van der Waals surface area contributed by atoms with E-state index in [1.165, 1.54) is 22.0 Å². The highest BCUT2D eigenvalue weighted by Crippen LogP contribution is 2.27. The summed E-state index contributed by atoms with van der Waals surface area (Å²) >= 11 is 0. The number of hydrogen-bond acceptors (Lipinski definition) is 4. The summed E-state index contributed by atoms with van der Waals surface area (Å²) in [6.07, 6.45) is 1.74. The van der Waals surface area contributed by atoms with Crippen LogP contribution >= 0.6 is 0 Å². The fourth-order valence-electron chi connectivity index (χ4n) is 3.74. The van der Waals surface area contributed by atoms with Crippen molar-refractivity contribution in [2.75, 3.05) is 13.1 Å². The second-order valence-corrected chi connectivity index (χ2v) is 11.0. The van der Waals surface area contributed by atoms with Crippen LogP contribution in [0, 0.1) is 13.8 Å². The number of esters is 1. The Balaban J connectivity index is 1.76. The largest absolute Gasteiger partial charge is 0.457 e. The van der Waals surface area contributed by atoms with Crippen molar-refractivity contribution < 1.29 is 17.9 Å². The Labute approximate surface area is 180 Å². The zero-order valence-electron chi connectivity index (χ0n) is 18.5. The van der Waals surface area contributed by atoms with E-state index in [1.807, 2.05) is 13.8 Å². The quantitative estimate of drug-likeness (QED) is 0.644. The zero-order valence-corrected chi connectivity index (χ0v) is 19.3. The first-order valence-corrected chi connectivity index (χ1v) is 11.8. The van der Waals surface area contributed by atoms with Gasteiger partial charge in [0.15, 0.2) is 0 Å². The minimum absolute atomic E-state index is 0.0476. The van der Waals surface area contributed by atoms with E-state index in [9.17, 15) is 13.2 Å². The molecule has 2 aromatic carbocycles. The molecule has 162 valence electrons. The Morgan fingerprint density at radius 2 is 1.63 bits per heavy atom. The maximum absolute atomic E-state index is 12.8. The number of nitrogens with zero attached hydrogens (tertiary/aromatic N) is 1. The van der Waals surface area contributed by atoms with E-state index >= 15 is 0 Å². The molecule has 0 saturated carbocycles. The molecule has 0 amide bonds. The summed E-state index contributed by atoms with van der Waals surface area (Å²) < 4.78 is 32.5. The minimum atomic E-state index is -3.57. The van der Waals surface area contributed by atoms with Crippen LogP contribution in [0.2, 0.25) is 0 Å². The first-order valence-electron chi connectivity index (χ1n) is 10.4. The second kappa shape index (κ2) is 8.52. The highest BCUT2D eigenvalue weighted by atomic mass is 32.2. The van der Waals surface area contributed by atoms with Crippen molar-refractivity contribution in [3.63, 3.8) is 0 Å². The molecule has 0 atom stereocenters. The molecule has 2 aromatic rings. The lowest BCUT2D eigenvalue weighted by Gasteiger charge is -2.22. The number of sulfonamides is 1. The van der Waals surface area contributed by atoms with Gasteiger partial charge in [0.25, 0.3) is 0 Å². The normalized spacial score (nSPS) is 15.4. The fourth-order valence-corrected chi connectivity index (χ4v) is 5.30. The first-order chi connectivity index (χ1) is 14.0. The lowest BCUT2D eigenvalue weighted by atomic mass is 9.84. The van der Waals surface area contributed by atoms with E-state index < -0.39 is 16.0 Å². The number of carbonyl (C=O) groups excluding carboxylic acids is 1. The fraction of sp³-hybridized carbons (Fsp3) is 0.458. The Kier molecular flexibility index (Phi) is 6.39. The Hall–Kier alpha value is -2.18. The molecule has 0 radical (unpaired) electrons. The molecule has 1 fully saturated rings. The summed E-state index contributed by atoms with van der Waals surface area (Å²) in [4.78, 5) is 12.8. The summed E-state index contributed by atoms with van der Waals surface area (Å²) in [6, 6.07) is 10.4. The van der Waals surface area contributed by atoms with Crippen LogP contribution in [-0.4, -0.2) is 31.8 Å². The second-order valence-electron chi connectivity index (χ2n) is 9.05. The van der Waals surface area contributed by atoms with Gasteiger partial charge in [0.1, 0.15) is 6.61 Å². The van der Waals surface area contributed by atoms with Crippen molar-refractivity contribution in [3.8, 4) is 0 Å². The number of carbonyl (C=O) groups is 1. The van der Waals surface area contributed by atoms with Gasteiger partial charge in [0, 0.05) is 13.1 Å². The van der Waals surface area contributed by atoms with Crippen molar-refractivity contribution in [3.05, 3.63) is 64.2 Å². The molecule has 5 nitrogen and oxygen atoms in total. The average molecular weight is 430 g/mol. The summed E-state index contributed by atoms with van der Waals surface area (Å²) in [7, 11) is -3.57.